The SMILES string of the molecule is CC[C@@H](C(=O)NC1CCCC1)N(CCc1ccccc1)C(=O)CN(c1cc(C)ccc1C)S(=O)(=O)N(C)C. The molecule has 1 aliphatic rings. The molecule has 0 aromatic heterocycles. The van der Waals surface area contributed by atoms with Crippen LogP contribution in [0.2, 0.25) is 0 Å². The first-order valence-corrected chi connectivity index (χ1v) is 14.9. The van der Waals surface area contributed by atoms with E-state index in [-0.39, 0.29) is 11.9 Å². The van der Waals surface area contributed by atoms with Gasteiger partial charge in [0.25, 0.3) is 0 Å². The van der Waals surface area contributed by atoms with Crippen molar-refractivity contribution in [2.45, 2.75) is 71.4 Å². The molecule has 0 unspecified atom stereocenters. The van der Waals surface area contributed by atoms with Crippen LogP contribution in [-0.2, 0) is 26.2 Å². The first-order chi connectivity index (χ1) is 18.0. The number of hydrogen-bond acceptors (Lipinski definition) is 4. The van der Waals surface area contributed by atoms with E-state index in [0.29, 0.717) is 25.1 Å². The van der Waals surface area contributed by atoms with E-state index in [2.05, 4.69) is 5.32 Å². The van der Waals surface area contributed by atoms with Crippen molar-refractivity contribution >= 4 is 27.7 Å². The molecule has 0 radical (unpaired) electrons. The van der Waals surface area contributed by atoms with Gasteiger partial charge in [-0.25, -0.2) is 4.31 Å². The summed E-state index contributed by atoms with van der Waals surface area (Å²) in [7, 11) is -1.07. The van der Waals surface area contributed by atoms with Gasteiger partial charge < -0.3 is 10.2 Å². The fourth-order valence-electron chi connectivity index (χ4n) is 4.95. The van der Waals surface area contributed by atoms with Crippen LogP contribution < -0.4 is 9.62 Å². The average Bonchev–Trinajstić information content (AvgIpc) is 3.39. The number of nitrogens with zero attached hydrogens (tertiary/aromatic N) is 3. The normalized spacial score (nSPS) is 14.9. The van der Waals surface area contributed by atoms with Crippen LogP contribution in [0.5, 0.6) is 0 Å². The molecule has 8 nitrogen and oxygen atoms in total. The maximum absolute atomic E-state index is 14.0. The Kier molecular flexibility index (Phi) is 10.3. The van der Waals surface area contributed by atoms with E-state index in [4.69, 9.17) is 0 Å². The molecule has 2 aromatic rings. The molecule has 0 spiro atoms. The molecule has 1 atom stereocenters. The quantitative estimate of drug-likeness (QED) is 0.442. The number of amides is 2. The van der Waals surface area contributed by atoms with E-state index < -0.39 is 28.7 Å². The standard InChI is InChI=1S/C29H42N4O4S/c1-6-26(29(35)30-25-14-10-11-15-25)32(19-18-24-12-8-7-9-13-24)28(34)21-33(38(36,37)31(4)5)27-20-22(2)16-17-23(27)3/h7-9,12-13,16-17,20,25-26H,6,10-11,14-15,18-19,21H2,1-5H3,(H,30,35)/t26-/m0/s1. The van der Waals surface area contributed by atoms with Crippen molar-refractivity contribution in [3.63, 3.8) is 0 Å². The Morgan fingerprint density at radius 2 is 1.68 bits per heavy atom. The monoisotopic (exact) mass is 542 g/mol. The zero-order valence-electron chi connectivity index (χ0n) is 23.3. The summed E-state index contributed by atoms with van der Waals surface area (Å²) in [6, 6.07) is 14.8. The van der Waals surface area contributed by atoms with Crippen LogP contribution in [0.1, 0.15) is 55.7 Å². The summed E-state index contributed by atoms with van der Waals surface area (Å²) in [4.78, 5) is 28.9. The van der Waals surface area contributed by atoms with Gasteiger partial charge in [-0.1, -0.05) is 62.2 Å². The maximum atomic E-state index is 14.0. The Labute approximate surface area is 228 Å². The zero-order chi connectivity index (χ0) is 27.9. The molecule has 208 valence electrons. The summed E-state index contributed by atoms with van der Waals surface area (Å²) in [6.07, 6.45) is 5.06. The molecule has 2 amide bonds. The smallest absolute Gasteiger partial charge is 0.304 e. The third-order valence-corrected chi connectivity index (χ3v) is 9.03. The average molecular weight is 543 g/mol. The molecule has 3 rings (SSSR count). The highest BCUT2D eigenvalue weighted by Gasteiger charge is 2.34. The Morgan fingerprint density at radius 1 is 1.03 bits per heavy atom. The van der Waals surface area contributed by atoms with Gasteiger partial charge in [0.05, 0.1) is 5.69 Å². The van der Waals surface area contributed by atoms with Crippen molar-refractivity contribution in [1.29, 1.82) is 0 Å². The summed E-state index contributed by atoms with van der Waals surface area (Å²) in [5.41, 5.74) is 3.14. The van der Waals surface area contributed by atoms with Crippen molar-refractivity contribution in [2.75, 3.05) is 31.5 Å². The summed E-state index contributed by atoms with van der Waals surface area (Å²) in [5.74, 6) is -0.574. The molecule has 2 aromatic carbocycles. The van der Waals surface area contributed by atoms with Gasteiger partial charge >= 0.3 is 10.2 Å². The predicted octanol–water partition coefficient (Wildman–Crippen LogP) is 3.82. The largest absolute Gasteiger partial charge is 0.352 e. The summed E-state index contributed by atoms with van der Waals surface area (Å²) in [5, 5.41) is 3.14. The van der Waals surface area contributed by atoms with Crippen LogP contribution in [0.3, 0.4) is 0 Å². The second kappa shape index (κ2) is 13.2. The second-order valence-corrected chi connectivity index (χ2v) is 12.4. The van der Waals surface area contributed by atoms with Crippen molar-refractivity contribution in [3.8, 4) is 0 Å². The van der Waals surface area contributed by atoms with Crippen LogP contribution in [0.4, 0.5) is 5.69 Å². The molecule has 9 heteroatoms. The van der Waals surface area contributed by atoms with E-state index in [9.17, 15) is 18.0 Å². The summed E-state index contributed by atoms with van der Waals surface area (Å²) >= 11 is 0. The molecule has 1 N–H and O–H groups in total. The number of benzene rings is 2. The predicted molar refractivity (Wildman–Crippen MR) is 152 cm³/mol. The minimum Gasteiger partial charge on any atom is -0.352 e. The number of hydrogen-bond donors (Lipinski definition) is 1. The molecule has 38 heavy (non-hydrogen) atoms. The van der Waals surface area contributed by atoms with Crippen LogP contribution >= 0.6 is 0 Å². The number of aryl methyl sites for hydroxylation is 2. The molecule has 0 bridgehead atoms. The topological polar surface area (TPSA) is 90.0 Å². The number of anilines is 1. The Hall–Kier alpha value is -2.91. The maximum Gasteiger partial charge on any atom is 0.304 e. The number of rotatable bonds is 12. The first kappa shape index (κ1) is 29.6. The summed E-state index contributed by atoms with van der Waals surface area (Å²) in [6.45, 7) is 5.52. The van der Waals surface area contributed by atoms with Gasteiger partial charge in [0.2, 0.25) is 11.8 Å². The molecule has 0 heterocycles. The van der Waals surface area contributed by atoms with Gasteiger partial charge in [0.1, 0.15) is 12.6 Å². The molecule has 1 aliphatic carbocycles. The van der Waals surface area contributed by atoms with Crippen molar-refractivity contribution < 1.29 is 18.0 Å². The molecular weight excluding hydrogens is 500 g/mol. The van der Waals surface area contributed by atoms with Crippen molar-refractivity contribution in [3.05, 3.63) is 65.2 Å². The van der Waals surface area contributed by atoms with E-state index in [0.717, 1.165) is 51.0 Å². The molecule has 0 aliphatic heterocycles. The fourth-order valence-corrected chi connectivity index (χ4v) is 6.07. The lowest BCUT2D eigenvalue weighted by molar-refractivity contribution is -0.139. The van der Waals surface area contributed by atoms with E-state index >= 15 is 0 Å². The fraction of sp³-hybridized carbons (Fsp3) is 0.517. The van der Waals surface area contributed by atoms with Gasteiger partial charge in [0.15, 0.2) is 0 Å². The molecular formula is C29H42N4O4S. The number of carbonyl (C=O) groups excluding carboxylic acids is 2. The third-order valence-electron chi connectivity index (χ3n) is 7.22. The third kappa shape index (κ3) is 7.35. The number of nitrogens with one attached hydrogen (secondary N) is 1. The molecule has 1 fully saturated rings. The van der Waals surface area contributed by atoms with Gasteiger partial charge in [-0.3, -0.25) is 9.59 Å². The molecule has 1 saturated carbocycles. The summed E-state index contributed by atoms with van der Waals surface area (Å²) < 4.78 is 29.1. The van der Waals surface area contributed by atoms with Gasteiger partial charge in [0, 0.05) is 26.7 Å². The van der Waals surface area contributed by atoms with Crippen LogP contribution in [-0.4, -0.2) is 68.7 Å². The highest BCUT2D eigenvalue weighted by atomic mass is 32.2. The lowest BCUT2D eigenvalue weighted by Gasteiger charge is -2.34. The van der Waals surface area contributed by atoms with Gasteiger partial charge in [-0.2, -0.15) is 12.7 Å². The Bertz CT molecular complexity index is 1190. The first-order valence-electron chi connectivity index (χ1n) is 13.5. The number of carbonyl (C=O) groups is 2. The van der Waals surface area contributed by atoms with Crippen LogP contribution in [0, 0.1) is 13.8 Å². The lowest BCUT2D eigenvalue weighted by Crippen LogP contribution is -2.55. The Morgan fingerprint density at radius 3 is 2.29 bits per heavy atom. The minimum absolute atomic E-state index is 0.128. The zero-order valence-corrected chi connectivity index (χ0v) is 24.1. The van der Waals surface area contributed by atoms with Crippen molar-refractivity contribution in [1.82, 2.24) is 14.5 Å². The second-order valence-electron chi connectivity index (χ2n) is 10.3. The van der Waals surface area contributed by atoms with E-state index in [1.54, 1.807) is 11.0 Å². The Balaban J connectivity index is 1.95. The van der Waals surface area contributed by atoms with Gasteiger partial charge in [-0.05, 0) is 62.3 Å². The van der Waals surface area contributed by atoms with Gasteiger partial charge in [-0.15, -0.1) is 0 Å². The highest BCUT2D eigenvalue weighted by Crippen LogP contribution is 2.26. The lowest BCUT2D eigenvalue weighted by atomic mass is 10.1. The highest BCUT2D eigenvalue weighted by molar-refractivity contribution is 7.90. The van der Waals surface area contributed by atoms with Crippen LogP contribution in [0.25, 0.3) is 0 Å². The van der Waals surface area contributed by atoms with Crippen LogP contribution in [0.15, 0.2) is 48.5 Å². The minimum atomic E-state index is -3.98. The molecule has 0 saturated heterocycles. The van der Waals surface area contributed by atoms with E-state index in [1.165, 1.54) is 14.1 Å². The van der Waals surface area contributed by atoms with Crippen molar-refractivity contribution in [2.24, 2.45) is 0 Å². The van der Waals surface area contributed by atoms with E-state index in [1.807, 2.05) is 63.2 Å².